The van der Waals surface area contributed by atoms with Crippen LogP contribution in [0.4, 0.5) is 0 Å². The summed E-state index contributed by atoms with van der Waals surface area (Å²) >= 11 is 5.30. The molecule has 0 bridgehead atoms. The smallest absolute Gasteiger partial charge is 0.200 e. The second-order valence-corrected chi connectivity index (χ2v) is 4.74. The van der Waals surface area contributed by atoms with E-state index in [1.165, 1.54) is 4.90 Å². The van der Waals surface area contributed by atoms with Crippen molar-refractivity contribution < 1.29 is 4.90 Å². The van der Waals surface area contributed by atoms with E-state index in [0.29, 0.717) is 4.77 Å². The predicted molar refractivity (Wildman–Crippen MR) is 70.0 cm³/mol. The van der Waals surface area contributed by atoms with Gasteiger partial charge in [0.05, 0.1) is 14.1 Å². The summed E-state index contributed by atoms with van der Waals surface area (Å²) in [5, 5.41) is 7.21. The fourth-order valence-corrected chi connectivity index (χ4v) is 1.93. The van der Waals surface area contributed by atoms with Gasteiger partial charge in [-0.3, -0.25) is 9.67 Å². The van der Waals surface area contributed by atoms with Crippen LogP contribution in [-0.4, -0.2) is 28.9 Å². The lowest BCUT2D eigenvalue weighted by Gasteiger charge is -2.17. The highest BCUT2D eigenvalue weighted by molar-refractivity contribution is 7.71. The van der Waals surface area contributed by atoms with Gasteiger partial charge in [0.25, 0.3) is 0 Å². The minimum Gasteiger partial charge on any atom is -0.331 e. The first-order chi connectivity index (χ1) is 8.11. The van der Waals surface area contributed by atoms with Crippen molar-refractivity contribution in [2.45, 2.75) is 13.0 Å². The molecule has 90 valence electrons. The van der Waals surface area contributed by atoms with Crippen molar-refractivity contribution in [3.63, 3.8) is 0 Å². The van der Waals surface area contributed by atoms with Gasteiger partial charge in [-0.25, -0.2) is 0 Å². The van der Waals surface area contributed by atoms with Gasteiger partial charge in [0.15, 0.2) is 10.6 Å². The number of para-hydroxylation sites is 1. The first-order valence-electron chi connectivity index (χ1n) is 5.64. The molecular formula is C12H17N4S+. The molecule has 0 aliphatic carbocycles. The number of nitrogens with zero attached hydrogens (tertiary/aromatic N) is 2. The van der Waals surface area contributed by atoms with Crippen molar-refractivity contribution in [2.75, 3.05) is 14.1 Å². The number of H-pyrrole nitrogens is 1. The van der Waals surface area contributed by atoms with E-state index < -0.39 is 0 Å². The summed E-state index contributed by atoms with van der Waals surface area (Å²) in [6.45, 7) is 2.14. The Labute approximate surface area is 106 Å². The summed E-state index contributed by atoms with van der Waals surface area (Å²) in [5.41, 5.74) is 1.05. The molecule has 0 saturated heterocycles. The Hall–Kier alpha value is -1.46. The van der Waals surface area contributed by atoms with Gasteiger partial charge in [0, 0.05) is 5.69 Å². The third-order valence-electron chi connectivity index (χ3n) is 2.97. The maximum absolute atomic E-state index is 5.30. The Bertz CT molecular complexity index is 541. The summed E-state index contributed by atoms with van der Waals surface area (Å²) in [6.07, 6.45) is 0. The highest BCUT2D eigenvalue weighted by Gasteiger charge is 2.19. The summed E-state index contributed by atoms with van der Waals surface area (Å²) in [6, 6.07) is 10.3. The van der Waals surface area contributed by atoms with Gasteiger partial charge < -0.3 is 4.90 Å². The fraction of sp³-hybridized carbons (Fsp3) is 0.333. The minimum atomic E-state index is 0.281. The summed E-state index contributed by atoms with van der Waals surface area (Å²) in [5.74, 6) is 0.959. The van der Waals surface area contributed by atoms with Crippen molar-refractivity contribution in [2.24, 2.45) is 0 Å². The topological polar surface area (TPSA) is 38.0 Å². The maximum Gasteiger partial charge on any atom is 0.200 e. The molecule has 0 saturated carbocycles. The maximum atomic E-state index is 5.30. The molecule has 0 spiro atoms. The molecule has 1 heterocycles. The lowest BCUT2D eigenvalue weighted by molar-refractivity contribution is -0.890. The Morgan fingerprint density at radius 3 is 2.53 bits per heavy atom. The number of aromatic amines is 1. The van der Waals surface area contributed by atoms with Crippen molar-refractivity contribution in [1.29, 1.82) is 0 Å². The summed E-state index contributed by atoms with van der Waals surface area (Å²) in [7, 11) is 4.22. The number of nitrogens with one attached hydrogen (secondary N) is 2. The standard InChI is InChI=1S/C12H16N4S/c1-9(15(2)3)11-13-14-12(17)16(11)10-7-5-4-6-8-10/h4-9H,1-3H3,(H,14,17)/p+1/t9-/m1/s1. The average Bonchev–Trinajstić information content (AvgIpc) is 2.71. The van der Waals surface area contributed by atoms with Gasteiger partial charge in [-0.05, 0) is 31.3 Å². The lowest BCUT2D eigenvalue weighted by Crippen LogP contribution is -3.05. The van der Waals surface area contributed by atoms with Crippen LogP contribution in [0, 0.1) is 4.77 Å². The quantitative estimate of drug-likeness (QED) is 0.801. The van der Waals surface area contributed by atoms with Crippen LogP contribution >= 0.6 is 12.2 Å². The third kappa shape index (κ3) is 2.30. The van der Waals surface area contributed by atoms with E-state index in [1.807, 2.05) is 34.9 Å². The highest BCUT2D eigenvalue weighted by atomic mass is 32.1. The van der Waals surface area contributed by atoms with E-state index in [4.69, 9.17) is 12.2 Å². The SMILES string of the molecule is C[C@H](c1n[nH]c(=S)n1-c1ccccc1)[NH+](C)C. The Morgan fingerprint density at radius 1 is 1.29 bits per heavy atom. The molecule has 2 N–H and O–H groups in total. The Morgan fingerprint density at radius 2 is 1.94 bits per heavy atom. The number of aromatic nitrogens is 3. The summed E-state index contributed by atoms with van der Waals surface area (Å²) in [4.78, 5) is 1.32. The number of rotatable bonds is 3. The highest BCUT2D eigenvalue weighted by Crippen LogP contribution is 2.14. The molecule has 4 nitrogen and oxygen atoms in total. The minimum absolute atomic E-state index is 0.281. The van der Waals surface area contributed by atoms with E-state index in [1.54, 1.807) is 0 Å². The molecule has 0 amide bonds. The van der Waals surface area contributed by atoms with Crippen LogP contribution in [0.3, 0.4) is 0 Å². The molecule has 5 heteroatoms. The van der Waals surface area contributed by atoms with Crippen LogP contribution in [0.5, 0.6) is 0 Å². The van der Waals surface area contributed by atoms with Crippen molar-refractivity contribution >= 4 is 12.2 Å². The van der Waals surface area contributed by atoms with Gasteiger partial charge >= 0.3 is 0 Å². The second kappa shape index (κ2) is 4.81. The van der Waals surface area contributed by atoms with E-state index in [0.717, 1.165) is 11.5 Å². The molecule has 1 aromatic carbocycles. The van der Waals surface area contributed by atoms with Gasteiger partial charge in [-0.15, -0.1) is 0 Å². The number of quaternary nitrogens is 1. The third-order valence-corrected chi connectivity index (χ3v) is 3.24. The lowest BCUT2D eigenvalue weighted by atomic mass is 10.2. The molecular weight excluding hydrogens is 232 g/mol. The molecule has 0 unspecified atom stereocenters. The normalized spacial score (nSPS) is 12.9. The molecule has 2 rings (SSSR count). The van der Waals surface area contributed by atoms with Crippen LogP contribution in [0.25, 0.3) is 5.69 Å². The van der Waals surface area contributed by atoms with Gasteiger partial charge in [0.1, 0.15) is 6.04 Å². The number of benzene rings is 1. The van der Waals surface area contributed by atoms with Crippen molar-refractivity contribution in [3.05, 3.63) is 40.9 Å². The molecule has 1 aromatic heterocycles. The van der Waals surface area contributed by atoms with Crippen molar-refractivity contribution in [3.8, 4) is 5.69 Å². The van der Waals surface area contributed by atoms with Crippen LogP contribution in [0.15, 0.2) is 30.3 Å². The van der Waals surface area contributed by atoms with Crippen LogP contribution < -0.4 is 4.90 Å². The zero-order valence-corrected chi connectivity index (χ0v) is 11.1. The first kappa shape index (κ1) is 12.0. The van der Waals surface area contributed by atoms with E-state index in [2.05, 4.69) is 31.2 Å². The molecule has 17 heavy (non-hydrogen) atoms. The van der Waals surface area contributed by atoms with E-state index in [-0.39, 0.29) is 6.04 Å². The van der Waals surface area contributed by atoms with E-state index in [9.17, 15) is 0 Å². The average molecular weight is 249 g/mol. The molecule has 2 aromatic rings. The van der Waals surface area contributed by atoms with Gasteiger partial charge in [-0.2, -0.15) is 5.10 Å². The number of hydrogen-bond acceptors (Lipinski definition) is 2. The molecule has 0 aliphatic rings. The first-order valence-corrected chi connectivity index (χ1v) is 6.05. The number of hydrogen-bond donors (Lipinski definition) is 2. The molecule has 0 fully saturated rings. The predicted octanol–water partition coefficient (Wildman–Crippen LogP) is 1.14. The monoisotopic (exact) mass is 249 g/mol. The van der Waals surface area contributed by atoms with Gasteiger partial charge in [0.2, 0.25) is 0 Å². The van der Waals surface area contributed by atoms with Crippen LogP contribution in [-0.2, 0) is 0 Å². The molecule has 0 radical (unpaired) electrons. The van der Waals surface area contributed by atoms with Crippen LogP contribution in [0.2, 0.25) is 0 Å². The zero-order valence-electron chi connectivity index (χ0n) is 10.3. The molecule has 1 atom stereocenters. The summed E-state index contributed by atoms with van der Waals surface area (Å²) < 4.78 is 2.63. The largest absolute Gasteiger partial charge is 0.331 e. The zero-order chi connectivity index (χ0) is 12.4. The molecule has 0 aliphatic heterocycles. The van der Waals surface area contributed by atoms with Gasteiger partial charge in [-0.1, -0.05) is 18.2 Å². The fourth-order valence-electron chi connectivity index (χ4n) is 1.68. The second-order valence-electron chi connectivity index (χ2n) is 4.36. The van der Waals surface area contributed by atoms with Crippen LogP contribution in [0.1, 0.15) is 18.8 Å². The Balaban J connectivity index is 2.55. The Kier molecular flexibility index (Phi) is 3.40. The van der Waals surface area contributed by atoms with E-state index >= 15 is 0 Å². The van der Waals surface area contributed by atoms with Crippen molar-refractivity contribution in [1.82, 2.24) is 14.8 Å².